The second-order valence-corrected chi connectivity index (χ2v) is 5.36. The molecule has 104 valence electrons. The van der Waals surface area contributed by atoms with Crippen molar-refractivity contribution in [1.82, 2.24) is 4.90 Å². The molecule has 0 aliphatic carbocycles. The number of fused-ring (bicyclic) bond motifs is 1. The topological polar surface area (TPSA) is 27.1 Å². The number of hydrogen-bond acceptors (Lipinski definition) is 1. The highest BCUT2D eigenvalue weighted by Crippen LogP contribution is 2.28. The summed E-state index contributed by atoms with van der Waals surface area (Å²) in [6, 6.07) is 5.24. The highest BCUT2D eigenvalue weighted by atomic mass is 19.1. The van der Waals surface area contributed by atoms with Gasteiger partial charge in [0.1, 0.15) is 11.7 Å². The van der Waals surface area contributed by atoms with Crippen LogP contribution in [-0.4, -0.2) is 16.8 Å². The van der Waals surface area contributed by atoms with Crippen molar-refractivity contribution in [2.45, 2.75) is 58.5 Å². The monoisotopic (exact) mass is 262 g/mol. The zero-order chi connectivity index (χ0) is 13.8. The second kappa shape index (κ2) is 6.18. The van der Waals surface area contributed by atoms with Crippen LogP contribution in [0.1, 0.15) is 57.1 Å². The predicted octanol–water partition coefficient (Wildman–Crippen LogP) is 4.33. The summed E-state index contributed by atoms with van der Waals surface area (Å²) in [6.45, 7) is 5.15. The average Bonchev–Trinajstić information content (AvgIpc) is 2.72. The third-order valence-corrected chi connectivity index (χ3v) is 3.91. The molecule has 0 saturated carbocycles. The zero-order valence-electron chi connectivity index (χ0n) is 11.9. The molecule has 1 aliphatic heterocycles. The summed E-state index contributed by atoms with van der Waals surface area (Å²) < 4.78 is 13.3. The van der Waals surface area contributed by atoms with Gasteiger partial charge in [0.2, 0.25) is 0 Å². The minimum Gasteiger partial charge on any atom is -0.349 e. The molecule has 1 unspecified atom stereocenters. The molecule has 0 aromatic heterocycles. The Morgan fingerprint density at radius 2 is 2.05 bits per heavy atom. The van der Waals surface area contributed by atoms with Crippen LogP contribution < -0.4 is 0 Å². The Hall–Kier alpha value is -1.38. The van der Waals surface area contributed by atoms with Crippen molar-refractivity contribution in [3.8, 4) is 0 Å². The fraction of sp³-hybridized carbons (Fsp3) is 0.562. The van der Waals surface area contributed by atoms with Crippen molar-refractivity contribution in [2.24, 2.45) is 0 Å². The van der Waals surface area contributed by atoms with Crippen molar-refractivity contribution in [2.75, 3.05) is 0 Å². The van der Waals surface area contributed by atoms with E-state index in [9.17, 15) is 4.39 Å². The van der Waals surface area contributed by atoms with E-state index in [1.165, 1.54) is 25.0 Å². The summed E-state index contributed by atoms with van der Waals surface area (Å²) in [5.74, 6) is 0.259. The molecule has 0 fully saturated rings. The molecule has 1 aromatic rings. The molecule has 1 heterocycles. The third-order valence-electron chi connectivity index (χ3n) is 3.91. The first-order valence-corrected chi connectivity index (χ1v) is 7.31. The molecule has 0 radical (unpaired) electrons. The van der Waals surface area contributed by atoms with E-state index in [0.29, 0.717) is 11.9 Å². The van der Waals surface area contributed by atoms with Crippen LogP contribution in [0.2, 0.25) is 0 Å². The molecule has 2 nitrogen and oxygen atoms in total. The van der Waals surface area contributed by atoms with Crippen LogP contribution in [0.5, 0.6) is 0 Å². The van der Waals surface area contributed by atoms with Crippen LogP contribution in [-0.2, 0) is 6.54 Å². The third kappa shape index (κ3) is 2.96. The Balaban J connectivity index is 2.16. The van der Waals surface area contributed by atoms with Gasteiger partial charge in [0.15, 0.2) is 0 Å². The van der Waals surface area contributed by atoms with Crippen LogP contribution in [0.15, 0.2) is 18.2 Å². The molecule has 0 saturated heterocycles. The summed E-state index contributed by atoms with van der Waals surface area (Å²) in [4.78, 5) is 2.16. The normalized spacial score (nSPS) is 15.7. The molecule has 1 atom stereocenters. The Morgan fingerprint density at radius 3 is 2.74 bits per heavy atom. The summed E-state index contributed by atoms with van der Waals surface area (Å²) in [6.07, 6.45) is 5.74. The number of nitrogens with one attached hydrogen (secondary N) is 1. The fourth-order valence-corrected chi connectivity index (χ4v) is 2.86. The lowest BCUT2D eigenvalue weighted by Crippen LogP contribution is -2.35. The van der Waals surface area contributed by atoms with E-state index in [1.807, 2.05) is 6.07 Å². The fourth-order valence-electron chi connectivity index (χ4n) is 2.86. The van der Waals surface area contributed by atoms with Crippen LogP contribution in [0, 0.1) is 11.2 Å². The first kappa shape index (κ1) is 14.0. The first-order chi connectivity index (χ1) is 9.17. The van der Waals surface area contributed by atoms with Crippen molar-refractivity contribution in [3.05, 3.63) is 35.1 Å². The number of benzene rings is 1. The standard InChI is InChI=1S/C16H23FN2/c1-3-5-7-14(6-4-2)19-11-12-8-9-13(17)10-15(12)16(19)18/h8-10,14,18H,3-7,11H2,1-2H3. The summed E-state index contributed by atoms with van der Waals surface area (Å²) in [7, 11) is 0. The minimum atomic E-state index is -0.244. The van der Waals surface area contributed by atoms with Gasteiger partial charge in [-0.1, -0.05) is 39.2 Å². The van der Waals surface area contributed by atoms with E-state index >= 15 is 0 Å². The van der Waals surface area contributed by atoms with Crippen LogP contribution >= 0.6 is 0 Å². The van der Waals surface area contributed by atoms with Crippen LogP contribution in [0.4, 0.5) is 4.39 Å². The van der Waals surface area contributed by atoms with E-state index in [4.69, 9.17) is 5.41 Å². The smallest absolute Gasteiger partial charge is 0.129 e. The average molecular weight is 262 g/mol. The van der Waals surface area contributed by atoms with E-state index in [-0.39, 0.29) is 5.82 Å². The second-order valence-electron chi connectivity index (χ2n) is 5.36. The number of rotatable bonds is 6. The van der Waals surface area contributed by atoms with Gasteiger partial charge in [0.25, 0.3) is 0 Å². The van der Waals surface area contributed by atoms with E-state index < -0.39 is 0 Å². The van der Waals surface area contributed by atoms with Gasteiger partial charge in [-0.2, -0.15) is 0 Å². The molecule has 0 spiro atoms. The van der Waals surface area contributed by atoms with Crippen molar-refractivity contribution in [1.29, 1.82) is 5.41 Å². The van der Waals surface area contributed by atoms with Crippen LogP contribution in [0.25, 0.3) is 0 Å². The maximum absolute atomic E-state index is 13.3. The largest absolute Gasteiger partial charge is 0.349 e. The van der Waals surface area contributed by atoms with Gasteiger partial charge in [-0.3, -0.25) is 5.41 Å². The number of amidine groups is 1. The van der Waals surface area contributed by atoms with Crippen molar-refractivity contribution >= 4 is 5.84 Å². The molecule has 19 heavy (non-hydrogen) atoms. The number of hydrogen-bond donors (Lipinski definition) is 1. The quantitative estimate of drug-likeness (QED) is 0.812. The predicted molar refractivity (Wildman–Crippen MR) is 77.0 cm³/mol. The lowest BCUT2D eigenvalue weighted by molar-refractivity contribution is 0.275. The summed E-state index contributed by atoms with van der Waals surface area (Å²) in [5.41, 5.74) is 1.86. The van der Waals surface area contributed by atoms with E-state index in [1.54, 1.807) is 0 Å². The maximum atomic E-state index is 13.3. The highest BCUT2D eigenvalue weighted by Gasteiger charge is 2.29. The number of halogens is 1. The molecule has 1 aromatic carbocycles. The SMILES string of the molecule is CCCCC(CCC)N1Cc2ccc(F)cc2C1=N. The van der Waals surface area contributed by atoms with Gasteiger partial charge in [-0.25, -0.2) is 4.39 Å². The van der Waals surface area contributed by atoms with Crippen molar-refractivity contribution in [3.63, 3.8) is 0 Å². The molecule has 0 bridgehead atoms. The molecular weight excluding hydrogens is 239 g/mol. The Bertz CT molecular complexity index is 456. The van der Waals surface area contributed by atoms with Gasteiger partial charge < -0.3 is 4.90 Å². The Labute approximate surface area is 115 Å². The lowest BCUT2D eigenvalue weighted by Gasteiger charge is -2.29. The van der Waals surface area contributed by atoms with Crippen molar-refractivity contribution < 1.29 is 4.39 Å². The molecule has 1 N–H and O–H groups in total. The minimum absolute atomic E-state index is 0.244. The number of nitrogens with zero attached hydrogens (tertiary/aromatic N) is 1. The number of unbranched alkanes of at least 4 members (excludes halogenated alkanes) is 1. The Kier molecular flexibility index (Phi) is 4.56. The van der Waals surface area contributed by atoms with Gasteiger partial charge in [-0.15, -0.1) is 0 Å². The summed E-state index contributed by atoms with van der Waals surface area (Å²) in [5, 5.41) is 8.29. The molecule has 1 aliphatic rings. The van der Waals surface area contributed by atoms with Gasteiger partial charge in [-0.05, 0) is 30.5 Å². The molecule has 2 rings (SSSR count). The van der Waals surface area contributed by atoms with Gasteiger partial charge in [0, 0.05) is 18.2 Å². The van der Waals surface area contributed by atoms with Crippen LogP contribution in [0.3, 0.4) is 0 Å². The van der Waals surface area contributed by atoms with Gasteiger partial charge >= 0.3 is 0 Å². The lowest BCUT2D eigenvalue weighted by atomic mass is 10.0. The Morgan fingerprint density at radius 1 is 1.26 bits per heavy atom. The summed E-state index contributed by atoms with van der Waals surface area (Å²) >= 11 is 0. The van der Waals surface area contributed by atoms with Gasteiger partial charge in [0.05, 0.1) is 0 Å². The van der Waals surface area contributed by atoms with E-state index in [0.717, 1.165) is 36.9 Å². The first-order valence-electron chi connectivity index (χ1n) is 7.31. The molecule has 0 amide bonds. The zero-order valence-corrected chi connectivity index (χ0v) is 11.9. The maximum Gasteiger partial charge on any atom is 0.129 e. The highest BCUT2D eigenvalue weighted by molar-refractivity contribution is 6.00. The molecular formula is C16H23FN2. The molecule has 3 heteroatoms. The van der Waals surface area contributed by atoms with E-state index in [2.05, 4.69) is 18.7 Å².